The van der Waals surface area contributed by atoms with Crippen molar-refractivity contribution in [1.82, 2.24) is 14.7 Å². The summed E-state index contributed by atoms with van der Waals surface area (Å²) in [5, 5.41) is 0. The number of carbonyl (C=O) groups is 1. The van der Waals surface area contributed by atoms with Gasteiger partial charge >= 0.3 is 0 Å². The van der Waals surface area contributed by atoms with Gasteiger partial charge in [-0.2, -0.15) is 0 Å². The van der Waals surface area contributed by atoms with Gasteiger partial charge in [-0.1, -0.05) is 6.07 Å². The summed E-state index contributed by atoms with van der Waals surface area (Å²) in [6.45, 7) is 7.79. The Morgan fingerprint density at radius 3 is 1.78 bits per heavy atom. The SMILES string of the molecule is Cc1ccc(C(=O)N(CCCN(C)C)CCCN(C)C)cc1C. The molecule has 1 aromatic carbocycles. The molecule has 0 fully saturated rings. The van der Waals surface area contributed by atoms with Crippen molar-refractivity contribution in [2.75, 3.05) is 54.4 Å². The van der Waals surface area contributed by atoms with Crippen LogP contribution in [-0.4, -0.2) is 75.0 Å². The van der Waals surface area contributed by atoms with Gasteiger partial charge in [-0.15, -0.1) is 0 Å². The zero-order chi connectivity index (χ0) is 17.4. The zero-order valence-electron chi connectivity index (χ0n) is 15.7. The summed E-state index contributed by atoms with van der Waals surface area (Å²) in [6, 6.07) is 6.01. The fourth-order valence-electron chi connectivity index (χ4n) is 2.53. The average Bonchev–Trinajstić information content (AvgIpc) is 2.47. The third-order valence-electron chi connectivity index (χ3n) is 4.11. The molecule has 0 heterocycles. The number of benzene rings is 1. The smallest absolute Gasteiger partial charge is 0.253 e. The summed E-state index contributed by atoms with van der Waals surface area (Å²) >= 11 is 0. The van der Waals surface area contributed by atoms with E-state index in [1.807, 2.05) is 23.1 Å². The molecule has 0 radical (unpaired) electrons. The van der Waals surface area contributed by atoms with Crippen molar-refractivity contribution in [2.45, 2.75) is 26.7 Å². The quantitative estimate of drug-likeness (QED) is 0.700. The normalized spacial score (nSPS) is 11.3. The second-order valence-corrected chi connectivity index (χ2v) is 6.90. The molecule has 1 rings (SSSR count). The minimum absolute atomic E-state index is 0.158. The summed E-state index contributed by atoms with van der Waals surface area (Å²) in [5.41, 5.74) is 3.22. The maximum absolute atomic E-state index is 12.9. The van der Waals surface area contributed by atoms with Gasteiger partial charge in [0.25, 0.3) is 5.91 Å². The highest BCUT2D eigenvalue weighted by atomic mass is 16.2. The van der Waals surface area contributed by atoms with E-state index in [1.165, 1.54) is 11.1 Å². The molecule has 1 amide bonds. The van der Waals surface area contributed by atoms with Crippen molar-refractivity contribution in [3.05, 3.63) is 34.9 Å². The number of hydrogen-bond donors (Lipinski definition) is 0. The van der Waals surface area contributed by atoms with Crippen LogP contribution in [0.15, 0.2) is 18.2 Å². The van der Waals surface area contributed by atoms with E-state index in [0.29, 0.717) is 0 Å². The number of nitrogens with zero attached hydrogens (tertiary/aromatic N) is 3. The van der Waals surface area contributed by atoms with Crippen LogP contribution in [0.2, 0.25) is 0 Å². The first-order valence-corrected chi connectivity index (χ1v) is 8.47. The minimum atomic E-state index is 0.158. The predicted molar refractivity (Wildman–Crippen MR) is 98.2 cm³/mol. The highest BCUT2D eigenvalue weighted by Crippen LogP contribution is 2.13. The molecule has 0 aliphatic rings. The molecule has 4 heteroatoms. The van der Waals surface area contributed by atoms with Crippen LogP contribution in [0.4, 0.5) is 0 Å². The summed E-state index contributed by atoms with van der Waals surface area (Å²) in [7, 11) is 8.28. The molecule has 0 unspecified atom stereocenters. The first-order chi connectivity index (χ1) is 10.8. The van der Waals surface area contributed by atoms with Gasteiger partial charge in [0.15, 0.2) is 0 Å². The van der Waals surface area contributed by atoms with Crippen molar-refractivity contribution in [3.8, 4) is 0 Å². The summed E-state index contributed by atoms with van der Waals surface area (Å²) in [6.07, 6.45) is 2.01. The van der Waals surface area contributed by atoms with E-state index in [9.17, 15) is 4.79 Å². The molecule has 4 nitrogen and oxygen atoms in total. The van der Waals surface area contributed by atoms with E-state index in [2.05, 4.69) is 51.8 Å². The molecule has 0 atom stereocenters. The molecule has 0 aliphatic carbocycles. The van der Waals surface area contributed by atoms with Crippen LogP contribution >= 0.6 is 0 Å². The number of rotatable bonds is 9. The lowest BCUT2D eigenvalue weighted by Gasteiger charge is -2.24. The van der Waals surface area contributed by atoms with Crippen molar-refractivity contribution in [3.63, 3.8) is 0 Å². The largest absolute Gasteiger partial charge is 0.339 e. The minimum Gasteiger partial charge on any atom is -0.339 e. The van der Waals surface area contributed by atoms with Crippen LogP contribution in [0.5, 0.6) is 0 Å². The highest BCUT2D eigenvalue weighted by molar-refractivity contribution is 5.94. The van der Waals surface area contributed by atoms with Crippen LogP contribution in [-0.2, 0) is 0 Å². The lowest BCUT2D eigenvalue weighted by atomic mass is 10.1. The summed E-state index contributed by atoms with van der Waals surface area (Å²) in [5.74, 6) is 0.158. The Morgan fingerprint density at radius 2 is 1.35 bits per heavy atom. The van der Waals surface area contributed by atoms with Gasteiger partial charge in [-0.05, 0) is 91.2 Å². The molecule has 1 aromatic rings. The van der Waals surface area contributed by atoms with Crippen LogP contribution in [0.25, 0.3) is 0 Å². The third-order valence-corrected chi connectivity index (χ3v) is 4.11. The molecular weight excluding hydrogens is 286 g/mol. The first-order valence-electron chi connectivity index (χ1n) is 8.47. The Morgan fingerprint density at radius 1 is 0.826 bits per heavy atom. The Hall–Kier alpha value is -1.39. The maximum atomic E-state index is 12.9. The molecular formula is C19H33N3O. The van der Waals surface area contributed by atoms with Crippen LogP contribution in [0.3, 0.4) is 0 Å². The second-order valence-electron chi connectivity index (χ2n) is 6.90. The lowest BCUT2D eigenvalue weighted by Crippen LogP contribution is -2.35. The molecule has 0 aromatic heterocycles. The van der Waals surface area contributed by atoms with E-state index < -0.39 is 0 Å². The van der Waals surface area contributed by atoms with Gasteiger partial charge in [0.1, 0.15) is 0 Å². The average molecular weight is 319 g/mol. The predicted octanol–water partition coefficient (Wildman–Crippen LogP) is 2.65. The molecule has 130 valence electrons. The monoisotopic (exact) mass is 319 g/mol. The summed E-state index contributed by atoms with van der Waals surface area (Å²) < 4.78 is 0. The van der Waals surface area contributed by atoms with Crippen LogP contribution < -0.4 is 0 Å². The third kappa shape index (κ3) is 7.14. The molecule has 23 heavy (non-hydrogen) atoms. The van der Waals surface area contributed by atoms with Crippen LogP contribution in [0.1, 0.15) is 34.3 Å². The van der Waals surface area contributed by atoms with Gasteiger partial charge in [-0.3, -0.25) is 4.79 Å². The first kappa shape index (κ1) is 19.7. The molecule has 0 aliphatic heterocycles. The Labute approximate surface area is 142 Å². The molecule has 0 spiro atoms. The van der Waals surface area contributed by atoms with Gasteiger partial charge in [0, 0.05) is 18.7 Å². The lowest BCUT2D eigenvalue weighted by molar-refractivity contribution is 0.0744. The number of amides is 1. The van der Waals surface area contributed by atoms with E-state index in [4.69, 9.17) is 0 Å². The zero-order valence-corrected chi connectivity index (χ0v) is 15.7. The van der Waals surface area contributed by atoms with Gasteiger partial charge in [-0.25, -0.2) is 0 Å². The fraction of sp³-hybridized carbons (Fsp3) is 0.632. The standard InChI is InChI=1S/C19H33N3O/c1-16-9-10-18(15-17(16)2)19(23)22(13-7-11-20(3)4)14-8-12-21(5)6/h9-10,15H,7-8,11-14H2,1-6H3. The topological polar surface area (TPSA) is 26.8 Å². The fourth-order valence-corrected chi connectivity index (χ4v) is 2.53. The number of hydrogen-bond acceptors (Lipinski definition) is 3. The maximum Gasteiger partial charge on any atom is 0.253 e. The van der Waals surface area contributed by atoms with Crippen molar-refractivity contribution < 1.29 is 4.79 Å². The van der Waals surface area contributed by atoms with Crippen molar-refractivity contribution in [1.29, 1.82) is 0 Å². The van der Waals surface area contributed by atoms with E-state index in [1.54, 1.807) is 0 Å². The molecule has 0 saturated carbocycles. The highest BCUT2D eigenvalue weighted by Gasteiger charge is 2.16. The van der Waals surface area contributed by atoms with Gasteiger partial charge in [0.2, 0.25) is 0 Å². The van der Waals surface area contributed by atoms with Gasteiger partial charge in [0.05, 0.1) is 0 Å². The van der Waals surface area contributed by atoms with Crippen molar-refractivity contribution in [2.24, 2.45) is 0 Å². The van der Waals surface area contributed by atoms with Crippen LogP contribution in [0, 0.1) is 13.8 Å². The molecule has 0 saturated heterocycles. The molecule has 0 N–H and O–H groups in total. The molecule has 0 bridgehead atoms. The Balaban J connectivity index is 2.74. The number of carbonyl (C=O) groups excluding carboxylic acids is 1. The Kier molecular flexibility index (Phi) is 8.28. The van der Waals surface area contributed by atoms with E-state index in [0.717, 1.165) is 44.6 Å². The second kappa shape index (κ2) is 9.68. The van der Waals surface area contributed by atoms with Gasteiger partial charge < -0.3 is 14.7 Å². The van der Waals surface area contributed by atoms with Crippen molar-refractivity contribution >= 4 is 5.91 Å². The Bertz CT molecular complexity index is 483. The van der Waals surface area contributed by atoms with E-state index >= 15 is 0 Å². The van der Waals surface area contributed by atoms with E-state index in [-0.39, 0.29) is 5.91 Å². The number of aryl methyl sites for hydroxylation is 2. The summed E-state index contributed by atoms with van der Waals surface area (Å²) in [4.78, 5) is 19.2.